The van der Waals surface area contributed by atoms with Crippen molar-refractivity contribution < 1.29 is 0 Å². The Bertz CT molecular complexity index is 582. The molecule has 0 aliphatic carbocycles. The van der Waals surface area contributed by atoms with Gasteiger partial charge in [0.15, 0.2) is 0 Å². The highest BCUT2D eigenvalue weighted by atomic mass is 14.9. The quantitative estimate of drug-likeness (QED) is 0.783. The number of nitrogens with one attached hydrogen (secondary N) is 1. The first-order chi connectivity index (χ1) is 9.55. The smallest absolute Gasteiger partial charge is 0.0929 e. The van der Waals surface area contributed by atoms with Crippen LogP contribution in [-0.2, 0) is 0 Å². The van der Waals surface area contributed by atoms with Crippen molar-refractivity contribution in [2.45, 2.75) is 26.8 Å². The van der Waals surface area contributed by atoms with Gasteiger partial charge in [-0.2, -0.15) is 0 Å². The maximum absolute atomic E-state index is 3.52. The summed E-state index contributed by atoms with van der Waals surface area (Å²) >= 11 is 0. The number of benzene rings is 2. The maximum atomic E-state index is 3.52. The molecule has 0 aliphatic rings. The number of hydrogen-bond acceptors (Lipinski definition) is 1. The third kappa shape index (κ3) is 4.17. The average molecular weight is 263 g/mol. The van der Waals surface area contributed by atoms with Gasteiger partial charge in [-0.3, -0.25) is 0 Å². The Labute approximate surface area is 122 Å². The van der Waals surface area contributed by atoms with Crippen LogP contribution in [0.5, 0.6) is 0 Å². The average Bonchev–Trinajstić information content (AvgIpc) is 2.44. The molecule has 0 radical (unpaired) electrons. The van der Waals surface area contributed by atoms with E-state index < -0.39 is 0 Å². The van der Waals surface area contributed by atoms with Crippen LogP contribution in [0.15, 0.2) is 60.7 Å². The summed E-state index contributed by atoms with van der Waals surface area (Å²) in [6.07, 6.45) is 0. The molecule has 2 aromatic carbocycles. The molecule has 0 aromatic heterocycles. The largest absolute Gasteiger partial charge is 0.371 e. The molecule has 2 rings (SSSR count). The SMILES string of the molecule is CC(C)(C)[C@H](C#Cc1ccccc1)Nc1ccccc1. The summed E-state index contributed by atoms with van der Waals surface area (Å²) in [5, 5.41) is 3.52. The van der Waals surface area contributed by atoms with Crippen molar-refractivity contribution >= 4 is 5.69 Å². The van der Waals surface area contributed by atoms with Crippen LogP contribution in [0.3, 0.4) is 0 Å². The minimum atomic E-state index is 0.0671. The van der Waals surface area contributed by atoms with E-state index in [1.165, 1.54) is 0 Å². The molecule has 0 spiro atoms. The lowest BCUT2D eigenvalue weighted by atomic mass is 9.86. The van der Waals surface area contributed by atoms with E-state index in [1.807, 2.05) is 48.5 Å². The molecule has 102 valence electrons. The fraction of sp³-hybridized carbons (Fsp3) is 0.263. The molecule has 0 saturated carbocycles. The number of para-hydroxylation sites is 1. The Hall–Kier alpha value is -2.20. The van der Waals surface area contributed by atoms with E-state index in [2.05, 4.69) is 50.1 Å². The van der Waals surface area contributed by atoms with E-state index in [1.54, 1.807) is 0 Å². The van der Waals surface area contributed by atoms with Gasteiger partial charge in [-0.1, -0.05) is 69.0 Å². The second-order valence-corrected chi connectivity index (χ2v) is 5.94. The predicted molar refractivity (Wildman–Crippen MR) is 86.6 cm³/mol. The van der Waals surface area contributed by atoms with Crippen LogP contribution in [0.1, 0.15) is 26.3 Å². The summed E-state index contributed by atoms with van der Waals surface area (Å²) in [6.45, 7) is 6.60. The molecule has 1 heteroatoms. The number of rotatable bonds is 2. The zero-order chi connectivity index (χ0) is 14.4. The topological polar surface area (TPSA) is 12.0 Å². The summed E-state index contributed by atoms with van der Waals surface area (Å²) in [6, 6.07) is 20.4. The minimum absolute atomic E-state index is 0.0671. The molecule has 0 fully saturated rings. The normalized spacial score (nSPS) is 12.2. The van der Waals surface area contributed by atoms with Gasteiger partial charge in [0.2, 0.25) is 0 Å². The highest BCUT2D eigenvalue weighted by molar-refractivity contribution is 5.47. The molecular weight excluding hydrogens is 242 g/mol. The fourth-order valence-corrected chi connectivity index (χ4v) is 1.85. The molecule has 0 amide bonds. The van der Waals surface area contributed by atoms with Crippen LogP contribution in [0.4, 0.5) is 5.69 Å². The Morgan fingerprint density at radius 3 is 1.95 bits per heavy atom. The highest BCUT2D eigenvalue weighted by Crippen LogP contribution is 2.22. The monoisotopic (exact) mass is 263 g/mol. The second-order valence-electron chi connectivity index (χ2n) is 5.94. The Morgan fingerprint density at radius 1 is 0.850 bits per heavy atom. The predicted octanol–water partition coefficient (Wildman–Crippen LogP) is 4.56. The molecule has 0 heterocycles. The van der Waals surface area contributed by atoms with Crippen molar-refractivity contribution in [3.63, 3.8) is 0 Å². The highest BCUT2D eigenvalue weighted by Gasteiger charge is 2.22. The van der Waals surface area contributed by atoms with E-state index in [4.69, 9.17) is 0 Å². The summed E-state index contributed by atoms with van der Waals surface area (Å²) in [4.78, 5) is 0. The summed E-state index contributed by atoms with van der Waals surface area (Å²) in [5.74, 6) is 6.62. The molecule has 20 heavy (non-hydrogen) atoms. The van der Waals surface area contributed by atoms with E-state index in [9.17, 15) is 0 Å². The van der Waals surface area contributed by atoms with Gasteiger partial charge in [-0.05, 0) is 29.7 Å². The number of hydrogen-bond donors (Lipinski definition) is 1. The third-order valence-electron chi connectivity index (χ3n) is 3.09. The molecular formula is C19H21N. The Balaban J connectivity index is 2.20. The van der Waals surface area contributed by atoms with Crippen molar-refractivity contribution in [2.24, 2.45) is 5.41 Å². The van der Waals surface area contributed by atoms with Gasteiger partial charge in [-0.15, -0.1) is 0 Å². The molecule has 0 saturated heterocycles. The van der Waals surface area contributed by atoms with E-state index in [-0.39, 0.29) is 11.5 Å². The van der Waals surface area contributed by atoms with Crippen LogP contribution < -0.4 is 5.32 Å². The lowest BCUT2D eigenvalue weighted by Gasteiger charge is -2.28. The van der Waals surface area contributed by atoms with Crippen molar-refractivity contribution in [3.8, 4) is 11.8 Å². The molecule has 1 N–H and O–H groups in total. The lowest BCUT2D eigenvalue weighted by Crippen LogP contribution is -2.32. The maximum Gasteiger partial charge on any atom is 0.0929 e. The minimum Gasteiger partial charge on any atom is -0.371 e. The number of anilines is 1. The van der Waals surface area contributed by atoms with Crippen molar-refractivity contribution in [1.29, 1.82) is 0 Å². The Kier molecular flexibility index (Phi) is 4.48. The van der Waals surface area contributed by atoms with Crippen LogP contribution in [0.25, 0.3) is 0 Å². The molecule has 0 aliphatic heterocycles. The summed E-state index contributed by atoms with van der Waals surface area (Å²) < 4.78 is 0. The van der Waals surface area contributed by atoms with Gasteiger partial charge in [0.05, 0.1) is 6.04 Å². The van der Waals surface area contributed by atoms with Crippen molar-refractivity contribution in [2.75, 3.05) is 5.32 Å². The van der Waals surface area contributed by atoms with Crippen LogP contribution in [0.2, 0.25) is 0 Å². The van der Waals surface area contributed by atoms with Crippen LogP contribution >= 0.6 is 0 Å². The van der Waals surface area contributed by atoms with Crippen molar-refractivity contribution in [3.05, 3.63) is 66.2 Å². The molecule has 1 atom stereocenters. The van der Waals surface area contributed by atoms with E-state index in [0.717, 1.165) is 11.3 Å². The zero-order valence-electron chi connectivity index (χ0n) is 12.4. The first-order valence-corrected chi connectivity index (χ1v) is 6.94. The fourth-order valence-electron chi connectivity index (χ4n) is 1.85. The van der Waals surface area contributed by atoms with E-state index >= 15 is 0 Å². The van der Waals surface area contributed by atoms with Crippen molar-refractivity contribution in [1.82, 2.24) is 0 Å². The van der Waals surface area contributed by atoms with Crippen LogP contribution in [-0.4, -0.2) is 6.04 Å². The standard InChI is InChI=1S/C19H21N/c1-19(2,3)18(20-17-12-8-5-9-13-17)15-14-16-10-6-4-7-11-16/h4-13,18,20H,1-3H3/t18-/m0/s1. The molecule has 1 nitrogen and oxygen atoms in total. The molecule has 0 bridgehead atoms. The van der Waals surface area contributed by atoms with Gasteiger partial charge in [0.25, 0.3) is 0 Å². The molecule has 2 aromatic rings. The van der Waals surface area contributed by atoms with Gasteiger partial charge >= 0.3 is 0 Å². The first kappa shape index (κ1) is 14.2. The zero-order valence-corrected chi connectivity index (χ0v) is 12.4. The van der Waals surface area contributed by atoms with Gasteiger partial charge in [-0.25, -0.2) is 0 Å². The molecule has 0 unspecified atom stereocenters. The third-order valence-corrected chi connectivity index (χ3v) is 3.09. The van der Waals surface area contributed by atoms with Gasteiger partial charge in [0.1, 0.15) is 0 Å². The second kappa shape index (κ2) is 6.30. The van der Waals surface area contributed by atoms with Crippen LogP contribution in [0, 0.1) is 17.3 Å². The summed E-state index contributed by atoms with van der Waals surface area (Å²) in [5.41, 5.74) is 2.23. The Morgan fingerprint density at radius 2 is 1.40 bits per heavy atom. The van der Waals surface area contributed by atoms with E-state index in [0.29, 0.717) is 0 Å². The van der Waals surface area contributed by atoms with Gasteiger partial charge < -0.3 is 5.32 Å². The van der Waals surface area contributed by atoms with Gasteiger partial charge in [0, 0.05) is 11.3 Å². The first-order valence-electron chi connectivity index (χ1n) is 6.94. The summed E-state index contributed by atoms with van der Waals surface area (Å²) in [7, 11) is 0. The lowest BCUT2D eigenvalue weighted by molar-refractivity contribution is 0.392.